The first kappa shape index (κ1) is 21.3. The number of hydrogen-bond donors (Lipinski definition) is 2. The predicted molar refractivity (Wildman–Crippen MR) is 109 cm³/mol. The molecular weight excluding hydrogens is 443 g/mol. The van der Waals surface area contributed by atoms with Crippen LogP contribution in [0.4, 0.5) is 0 Å². The third-order valence-electron chi connectivity index (χ3n) is 3.71. The predicted octanol–water partition coefficient (Wildman–Crippen LogP) is 2.09. The Labute approximate surface area is 165 Å². The summed E-state index contributed by atoms with van der Waals surface area (Å²) in [6, 6.07) is 5.61. The SMILES string of the molecule is COc1ccc(CN=C(N)NCCCN2CCOCC2)cc1Cl.I. The summed E-state index contributed by atoms with van der Waals surface area (Å²) in [6.07, 6.45) is 1.03. The molecule has 1 saturated heterocycles. The Hall–Kier alpha value is -0.770. The average molecular weight is 469 g/mol. The van der Waals surface area contributed by atoms with E-state index in [1.165, 1.54) is 0 Å². The van der Waals surface area contributed by atoms with Crippen molar-refractivity contribution in [3.8, 4) is 5.75 Å². The van der Waals surface area contributed by atoms with Crippen LogP contribution in [-0.2, 0) is 11.3 Å². The second kappa shape index (κ2) is 11.7. The maximum atomic E-state index is 6.09. The van der Waals surface area contributed by atoms with Crippen LogP contribution in [0.3, 0.4) is 0 Å². The number of aliphatic imine (C=N–C) groups is 1. The van der Waals surface area contributed by atoms with Gasteiger partial charge in [0.2, 0.25) is 0 Å². The summed E-state index contributed by atoms with van der Waals surface area (Å²) in [5.74, 6) is 1.12. The van der Waals surface area contributed by atoms with Crippen molar-refractivity contribution < 1.29 is 9.47 Å². The number of nitrogens with one attached hydrogen (secondary N) is 1. The van der Waals surface area contributed by atoms with E-state index in [0.717, 1.165) is 51.4 Å². The molecule has 136 valence electrons. The fraction of sp³-hybridized carbons (Fsp3) is 0.562. The van der Waals surface area contributed by atoms with Crippen molar-refractivity contribution in [1.82, 2.24) is 10.2 Å². The van der Waals surface area contributed by atoms with Gasteiger partial charge in [0.25, 0.3) is 0 Å². The van der Waals surface area contributed by atoms with E-state index in [9.17, 15) is 0 Å². The molecule has 0 aliphatic carbocycles. The fourth-order valence-electron chi connectivity index (χ4n) is 2.38. The summed E-state index contributed by atoms with van der Waals surface area (Å²) in [4.78, 5) is 6.73. The lowest BCUT2D eigenvalue weighted by atomic mass is 10.2. The summed E-state index contributed by atoms with van der Waals surface area (Å²) in [7, 11) is 1.60. The summed E-state index contributed by atoms with van der Waals surface area (Å²) < 4.78 is 10.5. The van der Waals surface area contributed by atoms with Crippen molar-refractivity contribution in [3.05, 3.63) is 28.8 Å². The number of halogens is 2. The van der Waals surface area contributed by atoms with Crippen molar-refractivity contribution in [2.24, 2.45) is 10.7 Å². The fourth-order valence-corrected chi connectivity index (χ4v) is 2.66. The van der Waals surface area contributed by atoms with Crippen LogP contribution in [-0.4, -0.2) is 57.4 Å². The van der Waals surface area contributed by atoms with Gasteiger partial charge < -0.3 is 20.5 Å². The van der Waals surface area contributed by atoms with Crippen LogP contribution in [0.1, 0.15) is 12.0 Å². The molecule has 0 unspecified atom stereocenters. The second-order valence-electron chi connectivity index (χ2n) is 5.40. The lowest BCUT2D eigenvalue weighted by Gasteiger charge is -2.26. The van der Waals surface area contributed by atoms with Gasteiger partial charge >= 0.3 is 0 Å². The van der Waals surface area contributed by atoms with Crippen molar-refractivity contribution >= 4 is 41.5 Å². The molecule has 1 aromatic rings. The Morgan fingerprint density at radius 3 is 2.83 bits per heavy atom. The Kier molecular flexibility index (Phi) is 10.4. The Morgan fingerprint density at radius 1 is 1.42 bits per heavy atom. The third kappa shape index (κ3) is 7.42. The summed E-state index contributed by atoms with van der Waals surface area (Å²) in [5, 5.41) is 3.72. The molecule has 1 heterocycles. The van der Waals surface area contributed by atoms with Crippen LogP contribution in [0.2, 0.25) is 5.02 Å². The molecule has 1 aliphatic heterocycles. The van der Waals surface area contributed by atoms with Gasteiger partial charge in [-0.1, -0.05) is 17.7 Å². The molecule has 0 spiro atoms. The minimum Gasteiger partial charge on any atom is -0.495 e. The number of nitrogens with zero attached hydrogens (tertiary/aromatic N) is 2. The third-order valence-corrected chi connectivity index (χ3v) is 4.00. The molecule has 0 amide bonds. The highest BCUT2D eigenvalue weighted by Crippen LogP contribution is 2.25. The summed E-state index contributed by atoms with van der Waals surface area (Å²) in [5.41, 5.74) is 6.88. The van der Waals surface area contributed by atoms with E-state index in [1.54, 1.807) is 7.11 Å². The molecule has 24 heavy (non-hydrogen) atoms. The van der Waals surface area contributed by atoms with Crippen LogP contribution in [0.5, 0.6) is 5.75 Å². The molecule has 6 nitrogen and oxygen atoms in total. The van der Waals surface area contributed by atoms with Gasteiger partial charge in [0, 0.05) is 19.6 Å². The molecule has 0 saturated carbocycles. The minimum absolute atomic E-state index is 0. The average Bonchev–Trinajstić information content (AvgIpc) is 2.58. The highest BCUT2D eigenvalue weighted by atomic mass is 127. The lowest BCUT2D eigenvalue weighted by Crippen LogP contribution is -2.39. The smallest absolute Gasteiger partial charge is 0.188 e. The largest absolute Gasteiger partial charge is 0.495 e. The number of nitrogens with two attached hydrogens (primary N) is 1. The number of hydrogen-bond acceptors (Lipinski definition) is 4. The number of ether oxygens (including phenoxy) is 2. The van der Waals surface area contributed by atoms with Gasteiger partial charge in [-0.2, -0.15) is 0 Å². The molecule has 0 aromatic heterocycles. The van der Waals surface area contributed by atoms with E-state index in [4.69, 9.17) is 26.8 Å². The molecular formula is C16H26ClIN4O2. The molecule has 3 N–H and O–H groups in total. The van der Waals surface area contributed by atoms with E-state index in [2.05, 4.69) is 15.2 Å². The van der Waals surface area contributed by atoms with Crippen LogP contribution < -0.4 is 15.8 Å². The topological polar surface area (TPSA) is 72.1 Å². The van der Waals surface area contributed by atoms with Gasteiger partial charge in [-0.05, 0) is 30.7 Å². The maximum Gasteiger partial charge on any atom is 0.188 e. The van der Waals surface area contributed by atoms with Crippen molar-refractivity contribution in [1.29, 1.82) is 0 Å². The lowest BCUT2D eigenvalue weighted by molar-refractivity contribution is 0.0376. The molecule has 2 rings (SSSR count). The monoisotopic (exact) mass is 468 g/mol. The van der Waals surface area contributed by atoms with Crippen molar-refractivity contribution in [3.63, 3.8) is 0 Å². The van der Waals surface area contributed by atoms with Gasteiger partial charge in [-0.15, -0.1) is 24.0 Å². The van der Waals surface area contributed by atoms with E-state index in [1.807, 2.05) is 18.2 Å². The van der Waals surface area contributed by atoms with Crippen LogP contribution in [0.25, 0.3) is 0 Å². The van der Waals surface area contributed by atoms with E-state index in [0.29, 0.717) is 23.3 Å². The number of benzene rings is 1. The number of guanidine groups is 1. The summed E-state index contributed by atoms with van der Waals surface area (Å²) >= 11 is 6.09. The molecule has 0 atom stereocenters. The molecule has 0 radical (unpaired) electrons. The highest BCUT2D eigenvalue weighted by Gasteiger charge is 2.09. The number of morpholine rings is 1. The van der Waals surface area contributed by atoms with Gasteiger partial charge in [-0.25, -0.2) is 4.99 Å². The Balaban J connectivity index is 0.00000288. The Morgan fingerprint density at radius 2 is 2.17 bits per heavy atom. The molecule has 1 aromatic carbocycles. The molecule has 1 fully saturated rings. The second-order valence-corrected chi connectivity index (χ2v) is 5.81. The standard InChI is InChI=1S/C16H25ClN4O2.HI/c1-22-15-4-3-13(11-14(15)17)12-20-16(18)19-5-2-6-21-7-9-23-10-8-21;/h3-4,11H,2,5-10,12H2,1H3,(H3,18,19,20);1H. The minimum atomic E-state index is 0. The zero-order valence-corrected chi connectivity index (χ0v) is 17.0. The normalized spacial score (nSPS) is 15.7. The van der Waals surface area contributed by atoms with Crippen molar-refractivity contribution in [2.45, 2.75) is 13.0 Å². The Bertz CT molecular complexity index is 525. The van der Waals surface area contributed by atoms with Crippen molar-refractivity contribution in [2.75, 3.05) is 46.5 Å². The van der Waals surface area contributed by atoms with E-state index >= 15 is 0 Å². The summed E-state index contributed by atoms with van der Waals surface area (Å²) in [6.45, 7) is 6.06. The van der Waals surface area contributed by atoms with Gasteiger partial charge in [0.15, 0.2) is 5.96 Å². The number of methoxy groups -OCH3 is 1. The maximum absolute atomic E-state index is 6.09. The molecule has 0 bridgehead atoms. The molecule has 8 heteroatoms. The van der Waals surface area contributed by atoms with Crippen LogP contribution in [0, 0.1) is 0 Å². The number of rotatable bonds is 7. The zero-order valence-electron chi connectivity index (χ0n) is 14.0. The van der Waals surface area contributed by atoms with E-state index < -0.39 is 0 Å². The van der Waals surface area contributed by atoms with Gasteiger partial charge in [0.05, 0.1) is 31.9 Å². The van der Waals surface area contributed by atoms with Gasteiger partial charge in [0.1, 0.15) is 5.75 Å². The van der Waals surface area contributed by atoms with Crippen LogP contribution in [0.15, 0.2) is 23.2 Å². The highest BCUT2D eigenvalue weighted by molar-refractivity contribution is 14.0. The first-order valence-corrected chi connectivity index (χ1v) is 8.23. The first-order valence-electron chi connectivity index (χ1n) is 7.85. The quantitative estimate of drug-likeness (QED) is 0.277. The van der Waals surface area contributed by atoms with Crippen LogP contribution >= 0.6 is 35.6 Å². The zero-order chi connectivity index (χ0) is 16.5. The molecule has 1 aliphatic rings. The van der Waals surface area contributed by atoms with E-state index in [-0.39, 0.29) is 24.0 Å². The first-order chi connectivity index (χ1) is 11.2. The van der Waals surface area contributed by atoms with Gasteiger partial charge in [-0.3, -0.25) is 4.90 Å².